The van der Waals surface area contributed by atoms with Crippen molar-refractivity contribution in [3.63, 3.8) is 0 Å². The fourth-order valence-electron chi connectivity index (χ4n) is 3.12. The summed E-state index contributed by atoms with van der Waals surface area (Å²) in [6.07, 6.45) is 2.75. The Morgan fingerprint density at radius 1 is 1.42 bits per heavy atom. The van der Waals surface area contributed by atoms with Crippen molar-refractivity contribution in [2.75, 3.05) is 0 Å². The van der Waals surface area contributed by atoms with Gasteiger partial charge in [0.2, 0.25) is 0 Å². The van der Waals surface area contributed by atoms with E-state index in [-0.39, 0.29) is 17.5 Å². The molecule has 96 valence electrons. The van der Waals surface area contributed by atoms with Crippen molar-refractivity contribution in [1.29, 1.82) is 0 Å². The Morgan fingerprint density at radius 3 is 2.95 bits per heavy atom. The summed E-state index contributed by atoms with van der Waals surface area (Å²) in [7, 11) is 0. The van der Waals surface area contributed by atoms with E-state index in [1.54, 1.807) is 6.07 Å². The van der Waals surface area contributed by atoms with Crippen LogP contribution < -0.4 is 11.0 Å². The summed E-state index contributed by atoms with van der Waals surface area (Å²) >= 11 is 0. The number of H-pyrrole nitrogens is 1. The molecule has 0 spiro atoms. The van der Waals surface area contributed by atoms with Crippen molar-refractivity contribution < 1.29 is 4.79 Å². The second-order valence-electron chi connectivity index (χ2n) is 5.15. The maximum absolute atomic E-state index is 12.3. The van der Waals surface area contributed by atoms with Crippen molar-refractivity contribution >= 4 is 17.1 Å². The molecule has 1 saturated carbocycles. The number of amides is 1. The molecule has 2 aromatic heterocycles. The first-order valence-corrected chi connectivity index (χ1v) is 6.05. The van der Waals surface area contributed by atoms with E-state index in [9.17, 15) is 9.59 Å². The Kier molecular flexibility index (Phi) is 1.72. The molecular weight excluding hydrogens is 246 g/mol. The summed E-state index contributed by atoms with van der Waals surface area (Å²) in [5.74, 6) is 0.0872. The van der Waals surface area contributed by atoms with Crippen LogP contribution in [0.25, 0.3) is 11.2 Å². The van der Waals surface area contributed by atoms with Gasteiger partial charge in [-0.05, 0) is 18.9 Å². The predicted molar refractivity (Wildman–Crippen MR) is 66.1 cm³/mol. The lowest BCUT2D eigenvalue weighted by Crippen LogP contribution is -2.64. The SMILES string of the molecule is C=C1NC(=O)C2(n3c(=O)[nH]c4nnccc43)CC1C2. The molecule has 7 heteroatoms. The number of hydrogen-bond donors (Lipinski definition) is 2. The van der Waals surface area contributed by atoms with E-state index in [1.165, 1.54) is 10.8 Å². The van der Waals surface area contributed by atoms with E-state index in [0.717, 1.165) is 5.70 Å². The van der Waals surface area contributed by atoms with Crippen molar-refractivity contribution in [2.45, 2.75) is 18.4 Å². The van der Waals surface area contributed by atoms with Gasteiger partial charge >= 0.3 is 5.69 Å². The Hall–Kier alpha value is -2.44. The molecule has 0 unspecified atom stereocenters. The number of carbonyl (C=O) groups is 1. The number of allylic oxidation sites excluding steroid dienone is 1. The zero-order valence-electron chi connectivity index (χ0n) is 10.0. The molecule has 3 fully saturated rings. The first-order valence-electron chi connectivity index (χ1n) is 6.05. The van der Waals surface area contributed by atoms with E-state index >= 15 is 0 Å². The molecule has 0 radical (unpaired) electrons. The molecule has 7 nitrogen and oxygen atoms in total. The largest absolute Gasteiger partial charge is 0.328 e. The van der Waals surface area contributed by atoms with Crippen LogP contribution in [0.5, 0.6) is 0 Å². The molecule has 1 aliphatic carbocycles. The third-order valence-electron chi connectivity index (χ3n) is 4.15. The molecule has 2 aliphatic heterocycles. The Bertz CT molecular complexity index is 781. The normalized spacial score (nSPS) is 29.2. The van der Waals surface area contributed by atoms with Crippen LogP contribution in [-0.2, 0) is 10.3 Å². The second kappa shape index (κ2) is 3.11. The van der Waals surface area contributed by atoms with E-state index in [0.29, 0.717) is 24.0 Å². The molecule has 2 saturated heterocycles. The zero-order valence-corrected chi connectivity index (χ0v) is 10.0. The molecule has 5 rings (SSSR count). The molecule has 0 atom stereocenters. The van der Waals surface area contributed by atoms with Gasteiger partial charge in [0.1, 0.15) is 5.54 Å². The molecule has 2 N–H and O–H groups in total. The highest BCUT2D eigenvalue weighted by atomic mass is 16.2. The smallest absolute Gasteiger partial charge is 0.328 e. The fourth-order valence-corrected chi connectivity index (χ4v) is 3.12. The number of hydrogen-bond acceptors (Lipinski definition) is 4. The predicted octanol–water partition coefficient (Wildman–Crippen LogP) is -0.132. The van der Waals surface area contributed by atoms with Gasteiger partial charge in [0.25, 0.3) is 5.91 Å². The number of aromatic amines is 1. The van der Waals surface area contributed by atoms with Crippen molar-refractivity contribution in [3.05, 3.63) is 35.0 Å². The summed E-state index contributed by atoms with van der Waals surface area (Å²) < 4.78 is 1.51. The van der Waals surface area contributed by atoms with Gasteiger partial charge in [-0.3, -0.25) is 14.3 Å². The molecule has 4 heterocycles. The zero-order chi connectivity index (χ0) is 13.2. The fraction of sp³-hybridized carbons (Fsp3) is 0.333. The number of nitrogens with one attached hydrogen (secondary N) is 2. The molecule has 0 aromatic carbocycles. The van der Waals surface area contributed by atoms with Gasteiger partial charge in [-0.1, -0.05) is 6.58 Å². The lowest BCUT2D eigenvalue weighted by Gasteiger charge is -2.52. The average Bonchev–Trinajstić information content (AvgIpc) is 2.64. The van der Waals surface area contributed by atoms with Crippen LogP contribution >= 0.6 is 0 Å². The highest BCUT2D eigenvalue weighted by Gasteiger charge is 2.57. The summed E-state index contributed by atoms with van der Waals surface area (Å²) in [4.78, 5) is 27.0. The average molecular weight is 257 g/mol. The Morgan fingerprint density at radius 2 is 2.21 bits per heavy atom. The maximum atomic E-state index is 12.3. The summed E-state index contributed by atoms with van der Waals surface area (Å²) in [5.41, 5.74) is 0.643. The third-order valence-corrected chi connectivity index (χ3v) is 4.15. The van der Waals surface area contributed by atoms with Crippen LogP contribution in [0.3, 0.4) is 0 Å². The van der Waals surface area contributed by atoms with Gasteiger partial charge in [0.05, 0.1) is 11.7 Å². The molecule has 2 bridgehead atoms. The van der Waals surface area contributed by atoms with Crippen LogP contribution in [-0.4, -0.2) is 25.7 Å². The van der Waals surface area contributed by atoms with E-state index in [1.807, 2.05) is 0 Å². The molecule has 3 aliphatic rings. The number of piperidine rings is 2. The van der Waals surface area contributed by atoms with Gasteiger partial charge in [-0.25, -0.2) is 4.79 Å². The minimum Gasteiger partial charge on any atom is -0.328 e. The Labute approximate surface area is 107 Å². The topological polar surface area (TPSA) is 92.7 Å². The molecule has 1 amide bonds. The lowest BCUT2D eigenvalue weighted by atomic mass is 9.63. The van der Waals surface area contributed by atoms with Crippen LogP contribution in [0.2, 0.25) is 0 Å². The van der Waals surface area contributed by atoms with Crippen molar-refractivity contribution in [2.24, 2.45) is 5.92 Å². The second-order valence-corrected chi connectivity index (χ2v) is 5.15. The Balaban J connectivity index is 1.97. The number of fused-ring (bicyclic) bond motifs is 3. The quantitative estimate of drug-likeness (QED) is 0.744. The summed E-state index contributed by atoms with van der Waals surface area (Å²) in [5, 5.41) is 10.4. The minimum atomic E-state index is -0.801. The molecule has 19 heavy (non-hydrogen) atoms. The maximum Gasteiger partial charge on any atom is 0.328 e. The van der Waals surface area contributed by atoms with Crippen LogP contribution in [0.15, 0.2) is 29.3 Å². The number of carbonyl (C=O) groups excluding carboxylic acids is 1. The monoisotopic (exact) mass is 257 g/mol. The number of rotatable bonds is 1. The highest BCUT2D eigenvalue weighted by Crippen LogP contribution is 2.50. The van der Waals surface area contributed by atoms with Gasteiger partial charge in [0, 0.05) is 11.6 Å². The minimum absolute atomic E-state index is 0.167. The van der Waals surface area contributed by atoms with Gasteiger partial charge in [0.15, 0.2) is 5.65 Å². The summed E-state index contributed by atoms with van der Waals surface area (Å²) in [6, 6.07) is 1.69. The van der Waals surface area contributed by atoms with Crippen molar-refractivity contribution in [3.8, 4) is 0 Å². The molecular formula is C12H11N5O2. The number of aromatic nitrogens is 4. The standard InChI is InChI=1S/C12H11N5O2/c1-6-7-4-12(5-7,10(18)14-6)17-8-2-3-13-16-9(8)15-11(17)19/h2-3,7H,1,4-5H2,(H,14,18)(H,15,16,19). The molecule has 2 aromatic rings. The van der Waals surface area contributed by atoms with E-state index < -0.39 is 5.54 Å². The number of imidazole rings is 1. The van der Waals surface area contributed by atoms with Gasteiger partial charge in [-0.2, -0.15) is 5.10 Å². The third kappa shape index (κ3) is 1.12. The highest BCUT2D eigenvalue weighted by molar-refractivity contribution is 5.91. The van der Waals surface area contributed by atoms with E-state index in [4.69, 9.17) is 0 Å². The van der Waals surface area contributed by atoms with Crippen LogP contribution in [0, 0.1) is 5.92 Å². The van der Waals surface area contributed by atoms with Crippen LogP contribution in [0.4, 0.5) is 0 Å². The van der Waals surface area contributed by atoms with Crippen molar-refractivity contribution in [1.82, 2.24) is 25.1 Å². The van der Waals surface area contributed by atoms with E-state index in [2.05, 4.69) is 27.1 Å². The lowest BCUT2D eigenvalue weighted by molar-refractivity contribution is -0.140. The number of nitrogens with zero attached hydrogens (tertiary/aromatic N) is 3. The van der Waals surface area contributed by atoms with Gasteiger partial charge in [-0.15, -0.1) is 5.10 Å². The summed E-state index contributed by atoms with van der Waals surface area (Å²) in [6.45, 7) is 3.83. The van der Waals surface area contributed by atoms with Crippen LogP contribution in [0.1, 0.15) is 12.8 Å². The first kappa shape index (κ1) is 10.5. The van der Waals surface area contributed by atoms with Gasteiger partial charge < -0.3 is 5.32 Å². The first-order chi connectivity index (χ1) is 9.12.